The van der Waals surface area contributed by atoms with Gasteiger partial charge in [0.25, 0.3) is 5.91 Å². The van der Waals surface area contributed by atoms with Crippen LogP contribution in [0.5, 0.6) is 0 Å². The van der Waals surface area contributed by atoms with Gasteiger partial charge in [0, 0.05) is 18.9 Å². The molecule has 1 aromatic carbocycles. The number of aromatic nitrogens is 1. The molecule has 0 spiro atoms. The van der Waals surface area contributed by atoms with Crippen molar-refractivity contribution in [3.63, 3.8) is 0 Å². The Morgan fingerprint density at radius 2 is 1.84 bits per heavy atom. The number of hydrogen-bond donors (Lipinski definition) is 1. The first-order chi connectivity index (χ1) is 11.9. The summed E-state index contributed by atoms with van der Waals surface area (Å²) >= 11 is 0. The number of nitrogens with zero attached hydrogens (tertiary/aromatic N) is 2. The lowest BCUT2D eigenvalue weighted by molar-refractivity contribution is -0.141. The number of carboxylic acid groups (broad SMARTS) is 1. The Labute approximate surface area is 144 Å². The number of likely N-dealkylation sites (tertiary alicyclic amines) is 1. The van der Waals surface area contributed by atoms with E-state index in [1.807, 2.05) is 0 Å². The molecule has 1 aromatic heterocycles. The Kier molecular flexibility index (Phi) is 4.54. The largest absolute Gasteiger partial charge is 0.480 e. The number of benzene rings is 1. The average Bonchev–Trinajstić information content (AvgIpc) is 3.09. The predicted octanol–water partition coefficient (Wildman–Crippen LogP) is 1.22. The summed E-state index contributed by atoms with van der Waals surface area (Å²) in [5.74, 6) is -1.76. The maximum Gasteiger partial charge on any atom is 0.326 e. The van der Waals surface area contributed by atoms with Crippen LogP contribution in [-0.2, 0) is 14.6 Å². The fourth-order valence-corrected chi connectivity index (χ4v) is 4.65. The van der Waals surface area contributed by atoms with Crippen LogP contribution in [0, 0.1) is 0 Å². The van der Waals surface area contributed by atoms with Crippen LogP contribution in [0.25, 0.3) is 0 Å². The molecule has 130 valence electrons. The van der Waals surface area contributed by atoms with Gasteiger partial charge in [-0.15, -0.1) is 0 Å². The quantitative estimate of drug-likeness (QED) is 0.879. The Morgan fingerprint density at radius 3 is 2.44 bits per heavy atom. The SMILES string of the molecule is O=C(O)[C@@H]1C[C@@H](S(=O)(=O)c2ccccc2)CN1C(=O)c1cccnc1. The first-order valence-corrected chi connectivity index (χ1v) is 9.18. The molecule has 0 aliphatic carbocycles. The van der Waals surface area contributed by atoms with Crippen molar-refractivity contribution in [1.82, 2.24) is 9.88 Å². The van der Waals surface area contributed by atoms with Gasteiger partial charge in [0.15, 0.2) is 9.84 Å². The standard InChI is InChI=1S/C17H16N2O5S/c20-16(12-5-4-8-18-10-12)19-11-14(9-15(19)17(21)22)25(23,24)13-6-2-1-3-7-13/h1-8,10,14-15H,9,11H2,(H,21,22)/t14-,15+/m1/s1. The van der Waals surface area contributed by atoms with Crippen LogP contribution in [0.4, 0.5) is 0 Å². The summed E-state index contributed by atoms with van der Waals surface area (Å²) in [5, 5.41) is 8.47. The molecule has 1 saturated heterocycles. The van der Waals surface area contributed by atoms with Gasteiger partial charge < -0.3 is 10.0 Å². The Balaban J connectivity index is 1.91. The minimum Gasteiger partial charge on any atom is -0.480 e. The second kappa shape index (κ2) is 6.64. The summed E-state index contributed by atoms with van der Waals surface area (Å²) in [7, 11) is -3.73. The van der Waals surface area contributed by atoms with Crippen molar-refractivity contribution in [2.75, 3.05) is 6.54 Å². The number of carbonyl (C=O) groups is 2. The molecule has 8 heteroatoms. The minimum atomic E-state index is -3.73. The Morgan fingerprint density at radius 1 is 1.12 bits per heavy atom. The van der Waals surface area contributed by atoms with E-state index in [1.54, 1.807) is 24.3 Å². The number of aliphatic carboxylic acids is 1. The van der Waals surface area contributed by atoms with Crippen LogP contribution in [0.2, 0.25) is 0 Å². The maximum atomic E-state index is 12.8. The number of amides is 1. The average molecular weight is 360 g/mol. The Bertz CT molecular complexity index is 884. The summed E-state index contributed by atoms with van der Waals surface area (Å²) in [5.41, 5.74) is 0.228. The first-order valence-electron chi connectivity index (χ1n) is 7.64. The lowest BCUT2D eigenvalue weighted by Gasteiger charge is -2.21. The van der Waals surface area contributed by atoms with E-state index in [1.165, 1.54) is 30.6 Å². The molecule has 2 aromatic rings. The highest BCUT2D eigenvalue weighted by Gasteiger charge is 2.45. The third-order valence-electron chi connectivity index (χ3n) is 4.23. The molecule has 0 unspecified atom stereocenters. The molecule has 1 fully saturated rings. The summed E-state index contributed by atoms with van der Waals surface area (Å²) in [4.78, 5) is 29.2. The van der Waals surface area contributed by atoms with Crippen molar-refractivity contribution >= 4 is 21.7 Å². The van der Waals surface area contributed by atoms with Crippen LogP contribution < -0.4 is 0 Å². The molecular weight excluding hydrogens is 344 g/mol. The Hall–Kier alpha value is -2.74. The molecule has 1 N–H and O–H groups in total. The van der Waals surface area contributed by atoms with Gasteiger partial charge in [0.2, 0.25) is 0 Å². The number of carbonyl (C=O) groups excluding carboxylic acids is 1. The van der Waals surface area contributed by atoms with Gasteiger partial charge in [0.05, 0.1) is 15.7 Å². The molecule has 2 heterocycles. The predicted molar refractivity (Wildman–Crippen MR) is 88.7 cm³/mol. The van der Waals surface area contributed by atoms with E-state index in [-0.39, 0.29) is 23.4 Å². The van der Waals surface area contributed by atoms with E-state index in [4.69, 9.17) is 0 Å². The highest BCUT2D eigenvalue weighted by Crippen LogP contribution is 2.29. The van der Waals surface area contributed by atoms with Gasteiger partial charge in [-0.2, -0.15) is 0 Å². The van der Waals surface area contributed by atoms with E-state index in [9.17, 15) is 23.1 Å². The maximum absolute atomic E-state index is 12.8. The van der Waals surface area contributed by atoms with Crippen molar-refractivity contribution in [2.45, 2.75) is 22.6 Å². The molecule has 1 aliphatic heterocycles. The molecule has 25 heavy (non-hydrogen) atoms. The van der Waals surface area contributed by atoms with Crippen LogP contribution in [0.15, 0.2) is 59.8 Å². The first kappa shape index (κ1) is 17.1. The molecule has 1 amide bonds. The molecule has 7 nitrogen and oxygen atoms in total. The molecule has 0 saturated carbocycles. The third kappa shape index (κ3) is 3.25. The smallest absolute Gasteiger partial charge is 0.326 e. The van der Waals surface area contributed by atoms with Crippen molar-refractivity contribution in [2.24, 2.45) is 0 Å². The third-order valence-corrected chi connectivity index (χ3v) is 6.38. The van der Waals surface area contributed by atoms with Gasteiger partial charge in [-0.1, -0.05) is 18.2 Å². The normalized spacial score (nSPS) is 20.4. The van der Waals surface area contributed by atoms with Crippen LogP contribution in [0.1, 0.15) is 16.8 Å². The van der Waals surface area contributed by atoms with Gasteiger partial charge in [-0.05, 0) is 30.7 Å². The van der Waals surface area contributed by atoms with Crippen molar-refractivity contribution < 1.29 is 23.1 Å². The van der Waals surface area contributed by atoms with E-state index in [0.717, 1.165) is 4.90 Å². The molecule has 0 radical (unpaired) electrons. The zero-order chi connectivity index (χ0) is 18.0. The summed E-state index contributed by atoms with van der Waals surface area (Å²) in [6.45, 7) is -0.165. The van der Waals surface area contributed by atoms with Crippen molar-refractivity contribution in [3.8, 4) is 0 Å². The molecule has 0 bridgehead atoms. The lowest BCUT2D eigenvalue weighted by Crippen LogP contribution is -2.40. The monoisotopic (exact) mass is 360 g/mol. The van der Waals surface area contributed by atoms with Crippen LogP contribution in [0.3, 0.4) is 0 Å². The minimum absolute atomic E-state index is 0.125. The summed E-state index contributed by atoms with van der Waals surface area (Å²) < 4.78 is 25.5. The van der Waals surface area contributed by atoms with E-state index in [0.29, 0.717) is 0 Å². The van der Waals surface area contributed by atoms with E-state index in [2.05, 4.69) is 4.98 Å². The fraction of sp³-hybridized carbons (Fsp3) is 0.235. The number of hydrogen-bond acceptors (Lipinski definition) is 5. The second-order valence-corrected chi connectivity index (χ2v) is 8.00. The van der Waals surface area contributed by atoms with Gasteiger partial charge in [0.1, 0.15) is 6.04 Å². The number of carboxylic acids is 1. The van der Waals surface area contributed by atoms with Crippen molar-refractivity contribution in [1.29, 1.82) is 0 Å². The number of sulfone groups is 1. The van der Waals surface area contributed by atoms with Gasteiger partial charge >= 0.3 is 5.97 Å². The molecular formula is C17H16N2O5S. The summed E-state index contributed by atoms with van der Waals surface area (Å²) in [6.07, 6.45) is 2.69. The summed E-state index contributed by atoms with van der Waals surface area (Å²) in [6, 6.07) is 9.75. The molecule has 1 aliphatic rings. The topological polar surface area (TPSA) is 105 Å². The second-order valence-electron chi connectivity index (χ2n) is 5.77. The van der Waals surface area contributed by atoms with Gasteiger partial charge in [-0.25, -0.2) is 13.2 Å². The van der Waals surface area contributed by atoms with Crippen LogP contribution >= 0.6 is 0 Å². The number of rotatable bonds is 4. The molecule has 3 rings (SSSR count). The number of pyridine rings is 1. The van der Waals surface area contributed by atoms with E-state index < -0.39 is 33.0 Å². The zero-order valence-electron chi connectivity index (χ0n) is 13.1. The fourth-order valence-electron chi connectivity index (χ4n) is 2.94. The zero-order valence-corrected chi connectivity index (χ0v) is 14.0. The van der Waals surface area contributed by atoms with Gasteiger partial charge in [-0.3, -0.25) is 9.78 Å². The van der Waals surface area contributed by atoms with E-state index >= 15 is 0 Å². The highest BCUT2D eigenvalue weighted by atomic mass is 32.2. The molecule has 2 atom stereocenters. The van der Waals surface area contributed by atoms with Crippen LogP contribution in [-0.4, -0.2) is 53.1 Å². The van der Waals surface area contributed by atoms with Crippen molar-refractivity contribution in [3.05, 3.63) is 60.4 Å². The lowest BCUT2D eigenvalue weighted by atomic mass is 10.2. The highest BCUT2D eigenvalue weighted by molar-refractivity contribution is 7.92.